The minimum absolute atomic E-state index is 0.134. The van der Waals surface area contributed by atoms with Crippen LogP contribution < -0.4 is 14.9 Å². The number of nitrogens with one attached hydrogen (secondary N) is 2. The van der Waals surface area contributed by atoms with Gasteiger partial charge in [-0.25, -0.2) is 18.6 Å². The maximum Gasteiger partial charge on any atom is 0.343 e. The fourth-order valence-corrected chi connectivity index (χ4v) is 4.35. The molecule has 0 aliphatic rings. The average Bonchev–Trinajstić information content (AvgIpc) is 2.90. The van der Waals surface area contributed by atoms with Crippen LogP contribution in [0.3, 0.4) is 0 Å². The van der Waals surface area contributed by atoms with Gasteiger partial charge < -0.3 is 4.74 Å². The Balaban J connectivity index is 1.33. The van der Waals surface area contributed by atoms with Crippen LogP contribution in [0, 0.1) is 0 Å². The molecule has 0 aliphatic heterocycles. The van der Waals surface area contributed by atoms with Crippen molar-refractivity contribution in [2.24, 2.45) is 5.10 Å². The van der Waals surface area contributed by atoms with Crippen LogP contribution in [0.2, 0.25) is 5.02 Å². The van der Waals surface area contributed by atoms with Gasteiger partial charge in [-0.2, -0.15) is 5.10 Å². The Labute approximate surface area is 218 Å². The third-order valence-electron chi connectivity index (χ3n) is 4.98. The van der Waals surface area contributed by atoms with Crippen LogP contribution in [0.5, 0.6) is 5.75 Å². The molecule has 0 spiro atoms. The second kappa shape index (κ2) is 11.5. The number of carbonyl (C=O) groups is 2. The summed E-state index contributed by atoms with van der Waals surface area (Å²) in [5, 5.41) is 4.45. The van der Waals surface area contributed by atoms with E-state index in [1.807, 2.05) is 0 Å². The van der Waals surface area contributed by atoms with Gasteiger partial charge in [0.05, 0.1) is 16.7 Å². The van der Waals surface area contributed by atoms with Crippen molar-refractivity contribution >= 4 is 45.4 Å². The number of sulfonamides is 1. The van der Waals surface area contributed by atoms with Gasteiger partial charge in [-0.15, -0.1) is 0 Å². The first-order valence-electron chi connectivity index (χ1n) is 10.9. The molecule has 4 rings (SSSR count). The zero-order chi connectivity index (χ0) is 26.3. The lowest BCUT2D eigenvalue weighted by Crippen LogP contribution is -2.18. The molecule has 4 aromatic carbocycles. The van der Waals surface area contributed by atoms with Crippen LogP contribution >= 0.6 is 11.6 Å². The summed E-state index contributed by atoms with van der Waals surface area (Å²) < 4.78 is 32.7. The van der Waals surface area contributed by atoms with Crippen molar-refractivity contribution in [1.29, 1.82) is 0 Å². The molecular weight excluding hydrogens is 514 g/mol. The second-order valence-electron chi connectivity index (χ2n) is 7.66. The molecule has 37 heavy (non-hydrogen) atoms. The number of carbonyl (C=O) groups excluding carboxylic acids is 2. The number of hydrogen-bond acceptors (Lipinski definition) is 6. The Morgan fingerprint density at radius 3 is 2.19 bits per heavy atom. The lowest BCUT2D eigenvalue weighted by molar-refractivity contribution is 0.0734. The summed E-state index contributed by atoms with van der Waals surface area (Å²) in [6, 6.07) is 26.8. The average molecular weight is 534 g/mol. The van der Waals surface area contributed by atoms with Crippen molar-refractivity contribution in [1.82, 2.24) is 5.43 Å². The number of rotatable bonds is 8. The first-order chi connectivity index (χ1) is 17.8. The van der Waals surface area contributed by atoms with Gasteiger partial charge >= 0.3 is 5.97 Å². The zero-order valence-corrected chi connectivity index (χ0v) is 20.7. The highest BCUT2D eigenvalue weighted by molar-refractivity contribution is 7.92. The van der Waals surface area contributed by atoms with E-state index in [0.29, 0.717) is 27.6 Å². The van der Waals surface area contributed by atoms with Gasteiger partial charge in [0.15, 0.2) is 0 Å². The van der Waals surface area contributed by atoms with E-state index >= 15 is 0 Å². The van der Waals surface area contributed by atoms with Crippen LogP contribution in [-0.4, -0.2) is 26.5 Å². The molecule has 2 N–H and O–H groups in total. The van der Waals surface area contributed by atoms with Gasteiger partial charge in [-0.3, -0.25) is 9.52 Å². The molecule has 1 amide bonds. The largest absolute Gasteiger partial charge is 0.423 e. The number of hydrazone groups is 1. The molecule has 10 heteroatoms. The van der Waals surface area contributed by atoms with E-state index in [1.54, 1.807) is 66.7 Å². The van der Waals surface area contributed by atoms with Crippen LogP contribution in [0.15, 0.2) is 113 Å². The van der Waals surface area contributed by atoms with Crippen molar-refractivity contribution in [3.8, 4) is 5.75 Å². The fourth-order valence-electron chi connectivity index (χ4n) is 3.14. The maximum absolute atomic E-state index is 12.4. The first kappa shape index (κ1) is 25.6. The first-order valence-corrected chi connectivity index (χ1v) is 12.8. The van der Waals surface area contributed by atoms with Crippen molar-refractivity contribution in [3.05, 3.63) is 125 Å². The molecule has 0 fully saturated rings. The van der Waals surface area contributed by atoms with E-state index in [2.05, 4.69) is 15.2 Å². The van der Waals surface area contributed by atoms with Crippen molar-refractivity contribution in [3.63, 3.8) is 0 Å². The fraction of sp³-hybridized carbons (Fsp3) is 0. The lowest BCUT2D eigenvalue weighted by Gasteiger charge is -2.08. The number of esters is 1. The van der Waals surface area contributed by atoms with E-state index in [0.717, 1.165) is 0 Å². The number of benzene rings is 4. The summed E-state index contributed by atoms with van der Waals surface area (Å²) in [5.41, 5.74) is 3.95. The van der Waals surface area contributed by atoms with E-state index in [1.165, 1.54) is 42.6 Å². The van der Waals surface area contributed by atoms with E-state index in [-0.39, 0.29) is 10.5 Å². The minimum Gasteiger partial charge on any atom is -0.423 e. The highest BCUT2D eigenvalue weighted by atomic mass is 35.5. The third kappa shape index (κ3) is 7.03. The van der Waals surface area contributed by atoms with Gasteiger partial charge in [0.2, 0.25) is 0 Å². The molecule has 0 saturated carbocycles. The van der Waals surface area contributed by atoms with Crippen LogP contribution in [-0.2, 0) is 10.0 Å². The molecule has 0 unspecified atom stereocenters. The standard InChI is InChI=1S/C27H20ClN3O5S/c28-22-13-9-21(10-14-22)27(33)36-24-6-4-5-19(17-24)18-29-30-26(32)20-11-15-23(16-12-20)31-37(34,35)25-7-2-1-3-8-25/h1-18,31H,(H,30,32)/b29-18+. The summed E-state index contributed by atoms with van der Waals surface area (Å²) in [4.78, 5) is 24.8. The molecule has 0 radical (unpaired) electrons. The number of nitrogens with zero attached hydrogens (tertiary/aromatic N) is 1. The lowest BCUT2D eigenvalue weighted by atomic mass is 10.2. The molecule has 186 valence electrons. The summed E-state index contributed by atoms with van der Waals surface area (Å²) >= 11 is 5.84. The van der Waals surface area contributed by atoms with Crippen molar-refractivity contribution < 1.29 is 22.7 Å². The zero-order valence-electron chi connectivity index (χ0n) is 19.2. The minimum atomic E-state index is -3.73. The Kier molecular flexibility index (Phi) is 7.97. The van der Waals surface area contributed by atoms with Gasteiger partial charge in [-0.1, -0.05) is 41.9 Å². The van der Waals surface area contributed by atoms with Gasteiger partial charge in [0, 0.05) is 16.3 Å². The topological polar surface area (TPSA) is 114 Å². The molecule has 4 aromatic rings. The molecule has 0 heterocycles. The monoisotopic (exact) mass is 533 g/mol. The third-order valence-corrected chi connectivity index (χ3v) is 6.63. The van der Waals surface area contributed by atoms with Crippen LogP contribution in [0.25, 0.3) is 0 Å². The smallest absolute Gasteiger partial charge is 0.343 e. The summed E-state index contributed by atoms with van der Waals surface area (Å²) in [7, 11) is -3.73. The number of ether oxygens (including phenoxy) is 1. The van der Waals surface area contributed by atoms with Crippen LogP contribution in [0.1, 0.15) is 26.3 Å². The SMILES string of the molecule is O=C(N/N=C/c1cccc(OC(=O)c2ccc(Cl)cc2)c1)c1ccc(NS(=O)(=O)c2ccccc2)cc1. The van der Waals surface area contributed by atoms with Crippen molar-refractivity contribution in [2.75, 3.05) is 4.72 Å². The molecular formula is C27H20ClN3O5S. The van der Waals surface area contributed by atoms with Gasteiger partial charge in [0.1, 0.15) is 5.75 Å². The Hall–Kier alpha value is -4.47. The van der Waals surface area contributed by atoms with E-state index in [9.17, 15) is 18.0 Å². The van der Waals surface area contributed by atoms with E-state index in [4.69, 9.17) is 16.3 Å². The van der Waals surface area contributed by atoms with Crippen molar-refractivity contribution in [2.45, 2.75) is 4.90 Å². The van der Waals surface area contributed by atoms with E-state index < -0.39 is 21.9 Å². The quantitative estimate of drug-likeness (QED) is 0.141. The summed E-state index contributed by atoms with van der Waals surface area (Å²) in [6.45, 7) is 0. The van der Waals surface area contributed by atoms with Gasteiger partial charge in [0.25, 0.3) is 15.9 Å². The summed E-state index contributed by atoms with van der Waals surface area (Å²) in [6.07, 6.45) is 1.40. The number of amides is 1. The molecule has 8 nitrogen and oxygen atoms in total. The normalized spacial score (nSPS) is 11.2. The molecule has 0 bridgehead atoms. The Morgan fingerprint density at radius 2 is 1.49 bits per heavy atom. The van der Waals surface area contributed by atoms with Crippen LogP contribution in [0.4, 0.5) is 5.69 Å². The molecule has 0 saturated heterocycles. The number of hydrogen-bond donors (Lipinski definition) is 2. The predicted octanol–water partition coefficient (Wildman–Crippen LogP) is 5.12. The number of anilines is 1. The Morgan fingerprint density at radius 1 is 0.811 bits per heavy atom. The summed E-state index contributed by atoms with van der Waals surface area (Å²) in [5.74, 6) is -0.712. The second-order valence-corrected chi connectivity index (χ2v) is 9.78. The highest BCUT2D eigenvalue weighted by Crippen LogP contribution is 2.17. The highest BCUT2D eigenvalue weighted by Gasteiger charge is 2.14. The molecule has 0 aromatic heterocycles. The molecule has 0 atom stereocenters. The number of halogens is 1. The predicted molar refractivity (Wildman–Crippen MR) is 142 cm³/mol. The Bertz CT molecular complexity index is 1540. The van der Waals surface area contributed by atoms with Gasteiger partial charge in [-0.05, 0) is 78.4 Å². The molecule has 0 aliphatic carbocycles. The maximum atomic E-state index is 12.4.